The van der Waals surface area contributed by atoms with E-state index in [1.807, 2.05) is 0 Å². The number of nitrogens with zero attached hydrogens (tertiary/aromatic N) is 2. The van der Waals surface area contributed by atoms with E-state index >= 15 is 0 Å². The summed E-state index contributed by atoms with van der Waals surface area (Å²) in [6, 6.07) is 7.30. The molecule has 0 radical (unpaired) electrons. The van der Waals surface area contributed by atoms with Crippen LogP contribution in [0.3, 0.4) is 0 Å². The Morgan fingerprint density at radius 1 is 1.44 bits per heavy atom. The molecule has 92 valence electrons. The van der Waals surface area contributed by atoms with E-state index in [2.05, 4.69) is 11.1 Å². The van der Waals surface area contributed by atoms with Crippen molar-refractivity contribution in [2.75, 3.05) is 7.11 Å². The van der Waals surface area contributed by atoms with E-state index in [9.17, 15) is 0 Å². The maximum atomic E-state index is 9.03. The minimum Gasteiger partial charge on any atom is -0.378 e. The van der Waals surface area contributed by atoms with Crippen LogP contribution >= 0.6 is 34.5 Å². The number of thiazole rings is 1. The van der Waals surface area contributed by atoms with Crippen molar-refractivity contribution in [2.24, 2.45) is 0 Å². The number of rotatable bonds is 3. The molecule has 0 bridgehead atoms. The Morgan fingerprint density at radius 3 is 2.83 bits per heavy atom. The summed E-state index contributed by atoms with van der Waals surface area (Å²) in [6.45, 7) is 0.310. The lowest BCUT2D eigenvalue weighted by Crippen LogP contribution is -1.90. The fraction of sp³-hybridized carbons (Fsp3) is 0.167. The molecule has 1 aromatic carbocycles. The molecule has 0 aliphatic rings. The zero-order valence-corrected chi connectivity index (χ0v) is 11.7. The molecular formula is C12H8Cl2N2OS. The fourth-order valence-corrected chi connectivity index (χ4v) is 2.91. The van der Waals surface area contributed by atoms with Gasteiger partial charge in [0, 0.05) is 17.7 Å². The van der Waals surface area contributed by atoms with E-state index in [1.165, 1.54) is 11.3 Å². The van der Waals surface area contributed by atoms with E-state index in [1.54, 1.807) is 25.3 Å². The van der Waals surface area contributed by atoms with Gasteiger partial charge in [0.1, 0.15) is 16.0 Å². The molecule has 18 heavy (non-hydrogen) atoms. The second kappa shape index (κ2) is 5.68. The largest absolute Gasteiger partial charge is 0.378 e. The Morgan fingerprint density at radius 2 is 2.22 bits per heavy atom. The molecule has 1 heterocycles. The Hall–Kier alpha value is -1.12. The first-order chi connectivity index (χ1) is 8.65. The molecule has 2 rings (SSSR count). The highest BCUT2D eigenvalue weighted by Gasteiger charge is 2.14. The first kappa shape index (κ1) is 13.3. The van der Waals surface area contributed by atoms with Gasteiger partial charge in [0.25, 0.3) is 0 Å². The molecule has 0 N–H and O–H groups in total. The van der Waals surface area contributed by atoms with Crippen molar-refractivity contribution in [3.63, 3.8) is 0 Å². The first-order valence-corrected chi connectivity index (χ1v) is 6.57. The summed E-state index contributed by atoms with van der Waals surface area (Å²) >= 11 is 13.3. The Labute approximate surface area is 119 Å². The normalized spacial score (nSPS) is 10.3. The number of hydrogen-bond donors (Lipinski definition) is 0. The van der Waals surface area contributed by atoms with Gasteiger partial charge in [0.15, 0.2) is 0 Å². The molecule has 3 nitrogen and oxygen atoms in total. The van der Waals surface area contributed by atoms with Crippen molar-refractivity contribution < 1.29 is 4.74 Å². The van der Waals surface area contributed by atoms with Gasteiger partial charge in [-0.05, 0) is 18.2 Å². The molecule has 0 aliphatic carbocycles. The summed E-state index contributed by atoms with van der Waals surface area (Å²) in [6.07, 6.45) is 0. The van der Waals surface area contributed by atoms with Gasteiger partial charge in [0.05, 0.1) is 17.3 Å². The van der Waals surface area contributed by atoms with Crippen LogP contribution in [0.25, 0.3) is 10.6 Å². The number of methoxy groups -OCH3 is 1. The summed E-state index contributed by atoms with van der Waals surface area (Å²) in [5.41, 5.74) is 1.40. The van der Waals surface area contributed by atoms with Crippen LogP contribution < -0.4 is 0 Å². The third-order valence-corrected chi connectivity index (χ3v) is 3.82. The van der Waals surface area contributed by atoms with Crippen LogP contribution in [-0.4, -0.2) is 12.1 Å². The molecule has 0 saturated heterocycles. The highest BCUT2D eigenvalue weighted by atomic mass is 35.5. The second-order valence-corrected chi connectivity index (χ2v) is 5.31. The van der Waals surface area contributed by atoms with Crippen molar-refractivity contribution >= 4 is 34.5 Å². The molecule has 0 atom stereocenters. The van der Waals surface area contributed by atoms with Crippen LogP contribution in [0, 0.1) is 11.3 Å². The fourth-order valence-electron chi connectivity index (χ4n) is 1.45. The van der Waals surface area contributed by atoms with Crippen molar-refractivity contribution in [1.29, 1.82) is 5.26 Å². The van der Waals surface area contributed by atoms with Crippen molar-refractivity contribution in [3.8, 4) is 16.6 Å². The zero-order chi connectivity index (χ0) is 13.1. The van der Waals surface area contributed by atoms with Gasteiger partial charge >= 0.3 is 0 Å². The Bertz CT molecular complexity index is 619. The van der Waals surface area contributed by atoms with Crippen molar-refractivity contribution in [3.05, 3.63) is 38.8 Å². The van der Waals surface area contributed by atoms with Crippen molar-refractivity contribution in [1.82, 2.24) is 4.98 Å². The minimum atomic E-state index is 0.310. The van der Waals surface area contributed by atoms with Crippen LogP contribution in [-0.2, 0) is 11.3 Å². The highest BCUT2D eigenvalue weighted by Crippen LogP contribution is 2.34. The van der Waals surface area contributed by atoms with Gasteiger partial charge in [-0.3, -0.25) is 0 Å². The molecule has 0 aliphatic heterocycles. The van der Waals surface area contributed by atoms with Crippen LogP contribution in [0.2, 0.25) is 10.0 Å². The second-order valence-electron chi connectivity index (χ2n) is 3.46. The van der Waals surface area contributed by atoms with E-state index in [4.69, 9.17) is 33.2 Å². The minimum absolute atomic E-state index is 0.310. The van der Waals surface area contributed by atoms with Gasteiger partial charge in [-0.25, -0.2) is 4.98 Å². The average molecular weight is 299 g/mol. The number of benzene rings is 1. The van der Waals surface area contributed by atoms with Crippen LogP contribution in [0.5, 0.6) is 0 Å². The third-order valence-electron chi connectivity index (χ3n) is 2.24. The molecule has 1 aromatic heterocycles. The highest BCUT2D eigenvalue weighted by molar-refractivity contribution is 7.15. The molecule has 0 amide bonds. The summed E-state index contributed by atoms with van der Waals surface area (Å²) in [5, 5.41) is 10.8. The lowest BCUT2D eigenvalue weighted by Gasteiger charge is -2.00. The Balaban J connectivity index is 2.48. The monoisotopic (exact) mass is 298 g/mol. The van der Waals surface area contributed by atoms with E-state index in [0.717, 1.165) is 5.56 Å². The maximum absolute atomic E-state index is 9.03. The van der Waals surface area contributed by atoms with Gasteiger partial charge < -0.3 is 4.74 Å². The predicted octanol–water partition coefficient (Wildman–Crippen LogP) is 4.13. The number of aromatic nitrogens is 1. The molecule has 0 saturated carbocycles. The van der Waals surface area contributed by atoms with E-state index in [-0.39, 0.29) is 0 Å². The number of halogens is 2. The number of nitriles is 1. The smallest absolute Gasteiger partial charge is 0.130 e. The molecule has 0 fully saturated rings. The number of hydrogen-bond acceptors (Lipinski definition) is 4. The third kappa shape index (κ3) is 2.65. The molecule has 0 unspecified atom stereocenters. The molecule has 6 heteroatoms. The molecule has 2 aromatic rings. The predicted molar refractivity (Wildman–Crippen MR) is 73.0 cm³/mol. The summed E-state index contributed by atoms with van der Waals surface area (Å²) in [7, 11) is 1.56. The molecule has 0 spiro atoms. The standard InChI is InChI=1S/C12H8Cl2N2OS/c1-17-6-10-11(5-15)18-12(16-10)8-3-2-7(13)4-9(8)14/h2-4H,6H2,1H3. The van der Waals surface area contributed by atoms with Gasteiger partial charge in [-0.2, -0.15) is 5.26 Å². The van der Waals surface area contributed by atoms with Crippen LogP contribution in [0.15, 0.2) is 18.2 Å². The van der Waals surface area contributed by atoms with Gasteiger partial charge in [-0.15, -0.1) is 11.3 Å². The lowest BCUT2D eigenvalue weighted by molar-refractivity contribution is 0.182. The lowest BCUT2D eigenvalue weighted by atomic mass is 10.2. The van der Waals surface area contributed by atoms with E-state index in [0.29, 0.717) is 32.2 Å². The van der Waals surface area contributed by atoms with Gasteiger partial charge in [-0.1, -0.05) is 23.2 Å². The van der Waals surface area contributed by atoms with Gasteiger partial charge in [0.2, 0.25) is 0 Å². The number of ether oxygens (including phenoxy) is 1. The average Bonchev–Trinajstić information content (AvgIpc) is 2.72. The summed E-state index contributed by atoms with van der Waals surface area (Å²) in [5.74, 6) is 0. The van der Waals surface area contributed by atoms with E-state index < -0.39 is 0 Å². The molecular weight excluding hydrogens is 291 g/mol. The summed E-state index contributed by atoms with van der Waals surface area (Å²) in [4.78, 5) is 4.91. The van der Waals surface area contributed by atoms with Crippen LogP contribution in [0.1, 0.15) is 10.6 Å². The topological polar surface area (TPSA) is 45.9 Å². The zero-order valence-electron chi connectivity index (χ0n) is 9.41. The first-order valence-electron chi connectivity index (χ1n) is 5.00. The summed E-state index contributed by atoms with van der Waals surface area (Å²) < 4.78 is 5.01. The SMILES string of the molecule is COCc1nc(-c2ccc(Cl)cc2Cl)sc1C#N. The Kier molecular flexibility index (Phi) is 4.20. The quantitative estimate of drug-likeness (QED) is 0.856. The van der Waals surface area contributed by atoms with Crippen molar-refractivity contribution in [2.45, 2.75) is 6.61 Å². The maximum Gasteiger partial charge on any atom is 0.130 e. The van der Waals surface area contributed by atoms with Crippen LogP contribution in [0.4, 0.5) is 0 Å².